The van der Waals surface area contributed by atoms with Crippen molar-refractivity contribution in [3.05, 3.63) is 29.3 Å². The van der Waals surface area contributed by atoms with E-state index in [2.05, 4.69) is 21.5 Å². The molecule has 124 valence electrons. The van der Waals surface area contributed by atoms with Crippen LogP contribution in [0.4, 0.5) is 0 Å². The van der Waals surface area contributed by atoms with E-state index in [1.807, 2.05) is 0 Å². The Balaban J connectivity index is 1.59. The van der Waals surface area contributed by atoms with E-state index in [1.54, 1.807) is 31.2 Å². The summed E-state index contributed by atoms with van der Waals surface area (Å²) in [4.78, 5) is 16.0. The standard InChI is InChI=1S/C16H15ClN4O3/c1-16(9-18,10-6-7-10)20-13(22)8-23-15-19-14(21-24-15)11-4-2-3-5-12(11)17/h2-5,10H,6-8H2,1H3,(H,20,22). The fourth-order valence-corrected chi connectivity index (χ4v) is 2.58. The normalized spacial score (nSPS) is 16.0. The Hall–Kier alpha value is -2.59. The zero-order valence-electron chi connectivity index (χ0n) is 13.0. The molecule has 0 bridgehead atoms. The molecule has 1 atom stereocenters. The highest BCUT2D eigenvalue weighted by Gasteiger charge is 2.43. The summed E-state index contributed by atoms with van der Waals surface area (Å²) in [6.45, 7) is 1.40. The largest absolute Gasteiger partial charge is 0.439 e. The monoisotopic (exact) mass is 346 g/mol. The summed E-state index contributed by atoms with van der Waals surface area (Å²) in [6.07, 6.45) is 1.75. The minimum Gasteiger partial charge on any atom is -0.439 e. The van der Waals surface area contributed by atoms with Crippen LogP contribution >= 0.6 is 11.6 Å². The Morgan fingerprint density at radius 1 is 1.54 bits per heavy atom. The average Bonchev–Trinajstić information content (AvgIpc) is 3.33. The molecule has 1 aliphatic carbocycles. The number of ether oxygens (including phenoxy) is 1. The molecule has 0 aliphatic heterocycles. The Labute approximate surface area is 143 Å². The zero-order valence-corrected chi connectivity index (χ0v) is 13.7. The van der Waals surface area contributed by atoms with Crippen molar-refractivity contribution in [2.24, 2.45) is 5.92 Å². The first-order chi connectivity index (χ1) is 11.5. The highest BCUT2D eigenvalue weighted by Crippen LogP contribution is 2.39. The van der Waals surface area contributed by atoms with Crippen LogP contribution in [0.2, 0.25) is 5.02 Å². The van der Waals surface area contributed by atoms with Crippen molar-refractivity contribution in [1.82, 2.24) is 15.5 Å². The highest BCUT2D eigenvalue weighted by molar-refractivity contribution is 6.33. The number of hydrogen-bond donors (Lipinski definition) is 1. The van der Waals surface area contributed by atoms with Gasteiger partial charge in [0.25, 0.3) is 5.91 Å². The fourth-order valence-electron chi connectivity index (χ4n) is 2.36. The molecule has 8 heteroatoms. The van der Waals surface area contributed by atoms with E-state index < -0.39 is 11.4 Å². The molecule has 1 unspecified atom stereocenters. The van der Waals surface area contributed by atoms with Gasteiger partial charge in [0, 0.05) is 5.56 Å². The topological polar surface area (TPSA) is 101 Å². The van der Waals surface area contributed by atoms with E-state index in [9.17, 15) is 10.1 Å². The molecule has 1 amide bonds. The van der Waals surface area contributed by atoms with Gasteiger partial charge in [0.15, 0.2) is 6.61 Å². The van der Waals surface area contributed by atoms with Crippen molar-refractivity contribution in [3.8, 4) is 23.5 Å². The van der Waals surface area contributed by atoms with Crippen LogP contribution in [0.15, 0.2) is 28.8 Å². The number of rotatable bonds is 6. The average molecular weight is 347 g/mol. The first-order valence-electron chi connectivity index (χ1n) is 7.45. The second-order valence-electron chi connectivity index (χ2n) is 5.79. The van der Waals surface area contributed by atoms with Gasteiger partial charge in [-0.15, -0.1) is 0 Å². The summed E-state index contributed by atoms with van der Waals surface area (Å²) in [6, 6.07) is 9.19. The number of nitriles is 1. The van der Waals surface area contributed by atoms with Crippen molar-refractivity contribution in [1.29, 1.82) is 5.26 Å². The lowest BCUT2D eigenvalue weighted by Gasteiger charge is -2.22. The smallest absolute Gasteiger partial charge is 0.418 e. The van der Waals surface area contributed by atoms with Crippen molar-refractivity contribution in [3.63, 3.8) is 0 Å². The third-order valence-electron chi connectivity index (χ3n) is 3.87. The van der Waals surface area contributed by atoms with Gasteiger partial charge in [-0.05, 0) is 37.8 Å². The molecular formula is C16H15ClN4O3. The van der Waals surface area contributed by atoms with E-state index in [0.717, 1.165) is 12.8 Å². The van der Waals surface area contributed by atoms with Crippen LogP contribution in [0.3, 0.4) is 0 Å². The van der Waals surface area contributed by atoms with Gasteiger partial charge < -0.3 is 10.1 Å². The van der Waals surface area contributed by atoms with E-state index >= 15 is 0 Å². The summed E-state index contributed by atoms with van der Waals surface area (Å²) >= 11 is 6.06. The maximum absolute atomic E-state index is 12.0. The Kier molecular flexibility index (Phi) is 4.40. The zero-order chi connectivity index (χ0) is 17.2. The molecule has 0 saturated heterocycles. The van der Waals surface area contributed by atoms with Crippen molar-refractivity contribution in [2.75, 3.05) is 6.61 Å². The number of carbonyl (C=O) groups is 1. The number of amides is 1. The Morgan fingerprint density at radius 2 is 2.29 bits per heavy atom. The molecule has 1 N–H and O–H groups in total. The molecule has 24 heavy (non-hydrogen) atoms. The fraction of sp³-hybridized carbons (Fsp3) is 0.375. The summed E-state index contributed by atoms with van der Waals surface area (Å²) in [7, 11) is 0. The van der Waals surface area contributed by atoms with Crippen molar-refractivity contribution >= 4 is 17.5 Å². The van der Waals surface area contributed by atoms with E-state index in [0.29, 0.717) is 10.6 Å². The molecule has 3 rings (SSSR count). The van der Waals surface area contributed by atoms with Crippen LogP contribution in [0.1, 0.15) is 19.8 Å². The van der Waals surface area contributed by atoms with Gasteiger partial charge in [0.2, 0.25) is 5.82 Å². The lowest BCUT2D eigenvalue weighted by atomic mass is 9.98. The summed E-state index contributed by atoms with van der Waals surface area (Å²) < 4.78 is 10.1. The quantitative estimate of drug-likeness (QED) is 0.862. The molecule has 1 heterocycles. The maximum Gasteiger partial charge on any atom is 0.418 e. The van der Waals surface area contributed by atoms with E-state index in [1.165, 1.54) is 0 Å². The molecular weight excluding hydrogens is 332 g/mol. The van der Waals surface area contributed by atoms with Crippen LogP contribution in [-0.4, -0.2) is 28.2 Å². The number of nitrogens with one attached hydrogen (secondary N) is 1. The number of carbonyl (C=O) groups excluding carboxylic acids is 1. The van der Waals surface area contributed by atoms with Crippen LogP contribution in [0.5, 0.6) is 6.08 Å². The van der Waals surface area contributed by atoms with Gasteiger partial charge in [0.1, 0.15) is 5.54 Å². The van der Waals surface area contributed by atoms with Gasteiger partial charge in [-0.1, -0.05) is 28.9 Å². The minimum atomic E-state index is -0.863. The van der Waals surface area contributed by atoms with Crippen LogP contribution in [-0.2, 0) is 4.79 Å². The van der Waals surface area contributed by atoms with Crippen LogP contribution < -0.4 is 10.1 Å². The molecule has 1 aromatic heterocycles. The first-order valence-corrected chi connectivity index (χ1v) is 7.83. The number of halogens is 1. The van der Waals surface area contributed by atoms with Crippen LogP contribution in [0.25, 0.3) is 11.4 Å². The Bertz CT molecular complexity index is 797. The highest BCUT2D eigenvalue weighted by atomic mass is 35.5. The van der Waals surface area contributed by atoms with E-state index in [4.69, 9.17) is 20.9 Å². The lowest BCUT2D eigenvalue weighted by molar-refractivity contribution is -0.125. The molecule has 1 fully saturated rings. The molecule has 0 radical (unpaired) electrons. The van der Waals surface area contributed by atoms with Gasteiger partial charge in [-0.2, -0.15) is 10.2 Å². The van der Waals surface area contributed by atoms with Gasteiger partial charge in [0.05, 0.1) is 11.1 Å². The van der Waals surface area contributed by atoms with Gasteiger partial charge in [-0.3, -0.25) is 9.32 Å². The summed E-state index contributed by atoms with van der Waals surface area (Å²) in [5, 5.41) is 16.2. The molecule has 1 aliphatic rings. The number of nitrogens with zero attached hydrogens (tertiary/aromatic N) is 3. The lowest BCUT2D eigenvalue weighted by Crippen LogP contribution is -2.48. The molecule has 1 saturated carbocycles. The molecule has 2 aromatic rings. The Morgan fingerprint density at radius 3 is 2.96 bits per heavy atom. The summed E-state index contributed by atoms with van der Waals surface area (Å²) in [5.74, 6) is 0.0565. The maximum atomic E-state index is 12.0. The molecule has 0 spiro atoms. The van der Waals surface area contributed by atoms with E-state index in [-0.39, 0.29) is 24.4 Å². The number of aromatic nitrogens is 2. The number of hydrogen-bond acceptors (Lipinski definition) is 6. The third-order valence-corrected chi connectivity index (χ3v) is 4.20. The predicted molar refractivity (Wildman–Crippen MR) is 85.1 cm³/mol. The molecule has 7 nitrogen and oxygen atoms in total. The SMILES string of the molecule is CC(C#N)(NC(=O)COc1nc(-c2ccccc2Cl)no1)C1CC1. The molecule has 1 aromatic carbocycles. The van der Waals surface area contributed by atoms with Crippen molar-refractivity contribution < 1.29 is 14.1 Å². The number of benzene rings is 1. The minimum absolute atomic E-state index is 0.134. The second-order valence-corrected chi connectivity index (χ2v) is 6.20. The summed E-state index contributed by atoms with van der Waals surface area (Å²) in [5.41, 5.74) is -0.258. The predicted octanol–water partition coefficient (Wildman–Crippen LogP) is 2.58. The second kappa shape index (κ2) is 6.49. The van der Waals surface area contributed by atoms with Crippen molar-refractivity contribution in [2.45, 2.75) is 25.3 Å². The third kappa shape index (κ3) is 3.49. The van der Waals surface area contributed by atoms with Crippen LogP contribution in [0, 0.1) is 17.2 Å². The van der Waals surface area contributed by atoms with Gasteiger partial charge in [-0.25, -0.2) is 0 Å². The van der Waals surface area contributed by atoms with Gasteiger partial charge >= 0.3 is 6.08 Å². The first kappa shape index (κ1) is 16.3.